The Labute approximate surface area is 248 Å². The molecule has 43 heavy (non-hydrogen) atoms. The van der Waals surface area contributed by atoms with Gasteiger partial charge in [-0.2, -0.15) is 0 Å². The SMILES string of the molecule is c1ccc(-c2cc3cccc(-c4ccc5[nH]c6ccc(-c7cccc8cc(-c9ccccc9)cn78)cc6c5c4)n3c2)cc1. The molecule has 0 aliphatic rings. The number of fused-ring (bicyclic) bond motifs is 5. The van der Waals surface area contributed by atoms with Crippen LogP contribution in [0.1, 0.15) is 0 Å². The third-order valence-corrected chi connectivity index (χ3v) is 8.67. The molecule has 0 saturated heterocycles. The monoisotopic (exact) mass is 549 g/mol. The summed E-state index contributed by atoms with van der Waals surface area (Å²) in [6.07, 6.45) is 4.50. The molecule has 0 aliphatic heterocycles. The first-order valence-electron chi connectivity index (χ1n) is 14.7. The largest absolute Gasteiger partial charge is 0.355 e. The lowest BCUT2D eigenvalue weighted by molar-refractivity contribution is 1.21. The smallest absolute Gasteiger partial charge is 0.0528 e. The number of nitrogens with zero attached hydrogens (tertiary/aromatic N) is 2. The van der Waals surface area contributed by atoms with Gasteiger partial charge in [0, 0.05) is 56.4 Å². The van der Waals surface area contributed by atoms with Crippen LogP contribution in [-0.2, 0) is 0 Å². The normalized spacial score (nSPS) is 11.7. The number of H-pyrrole nitrogens is 1. The first-order valence-corrected chi connectivity index (χ1v) is 14.7. The van der Waals surface area contributed by atoms with Crippen molar-refractivity contribution in [2.24, 2.45) is 0 Å². The summed E-state index contributed by atoms with van der Waals surface area (Å²) in [6, 6.07) is 52.3. The van der Waals surface area contributed by atoms with E-state index in [1.807, 2.05) is 0 Å². The van der Waals surface area contributed by atoms with E-state index in [0.29, 0.717) is 0 Å². The average molecular weight is 550 g/mol. The van der Waals surface area contributed by atoms with E-state index in [4.69, 9.17) is 0 Å². The van der Waals surface area contributed by atoms with Crippen molar-refractivity contribution in [2.75, 3.05) is 0 Å². The van der Waals surface area contributed by atoms with Gasteiger partial charge in [0.25, 0.3) is 0 Å². The standard InChI is InChI=1S/C40H27N3/c1-3-9-27(10-4-1)31-21-33-13-7-15-39(42(33)25-31)29-17-19-37-35(23-29)36-24-30(18-20-38(36)41-37)40-16-8-14-34-22-32(26-43(34)40)28-11-5-2-6-12-28/h1-26,41H. The molecule has 0 aliphatic carbocycles. The van der Waals surface area contributed by atoms with E-state index in [1.54, 1.807) is 0 Å². The Hall–Kier alpha value is -5.80. The highest BCUT2D eigenvalue weighted by Crippen LogP contribution is 2.35. The molecule has 4 aromatic carbocycles. The molecule has 202 valence electrons. The Morgan fingerprint density at radius 2 is 0.814 bits per heavy atom. The van der Waals surface area contributed by atoms with Crippen LogP contribution in [0.15, 0.2) is 158 Å². The fourth-order valence-corrected chi connectivity index (χ4v) is 6.53. The van der Waals surface area contributed by atoms with Gasteiger partial charge in [-0.3, -0.25) is 0 Å². The molecule has 0 unspecified atom stereocenters. The van der Waals surface area contributed by atoms with Gasteiger partial charge < -0.3 is 13.8 Å². The summed E-state index contributed by atoms with van der Waals surface area (Å²) in [5, 5.41) is 2.46. The number of hydrogen-bond donors (Lipinski definition) is 1. The second kappa shape index (κ2) is 9.37. The maximum Gasteiger partial charge on any atom is 0.0528 e. The molecule has 0 amide bonds. The summed E-state index contributed by atoms with van der Waals surface area (Å²) in [6.45, 7) is 0. The molecule has 5 aromatic heterocycles. The van der Waals surface area contributed by atoms with E-state index in [-0.39, 0.29) is 0 Å². The zero-order valence-corrected chi connectivity index (χ0v) is 23.4. The van der Waals surface area contributed by atoms with Crippen LogP contribution in [0.25, 0.3) is 77.6 Å². The number of hydrogen-bond acceptors (Lipinski definition) is 0. The third kappa shape index (κ3) is 3.90. The van der Waals surface area contributed by atoms with Crippen molar-refractivity contribution < 1.29 is 0 Å². The molecule has 5 heterocycles. The summed E-state index contributed by atoms with van der Waals surface area (Å²) < 4.78 is 4.61. The van der Waals surface area contributed by atoms with Crippen molar-refractivity contribution in [1.29, 1.82) is 0 Å². The lowest BCUT2D eigenvalue weighted by atomic mass is 10.0. The summed E-state index contributed by atoms with van der Waals surface area (Å²) in [5.41, 5.74) is 14.3. The van der Waals surface area contributed by atoms with Gasteiger partial charge >= 0.3 is 0 Å². The zero-order chi connectivity index (χ0) is 28.3. The summed E-state index contributed by atoms with van der Waals surface area (Å²) in [5.74, 6) is 0. The van der Waals surface area contributed by atoms with E-state index in [9.17, 15) is 0 Å². The van der Waals surface area contributed by atoms with E-state index < -0.39 is 0 Å². The third-order valence-electron chi connectivity index (χ3n) is 8.67. The Kier molecular flexibility index (Phi) is 5.20. The summed E-state index contributed by atoms with van der Waals surface area (Å²) in [7, 11) is 0. The molecule has 3 nitrogen and oxygen atoms in total. The first kappa shape index (κ1) is 23.9. The van der Waals surface area contributed by atoms with E-state index >= 15 is 0 Å². The van der Waals surface area contributed by atoms with Crippen LogP contribution in [0.4, 0.5) is 0 Å². The predicted octanol–water partition coefficient (Wildman–Crippen LogP) is 10.5. The number of aromatic amines is 1. The molecule has 0 atom stereocenters. The minimum Gasteiger partial charge on any atom is -0.355 e. The molecule has 9 rings (SSSR count). The fourth-order valence-electron chi connectivity index (χ4n) is 6.53. The molecule has 0 spiro atoms. The second-order valence-electron chi connectivity index (χ2n) is 11.2. The van der Waals surface area contributed by atoms with Crippen LogP contribution >= 0.6 is 0 Å². The van der Waals surface area contributed by atoms with Crippen LogP contribution < -0.4 is 0 Å². The van der Waals surface area contributed by atoms with Gasteiger partial charge in [-0.25, -0.2) is 0 Å². The van der Waals surface area contributed by atoms with E-state index in [0.717, 1.165) is 11.0 Å². The highest BCUT2D eigenvalue weighted by atomic mass is 14.9. The van der Waals surface area contributed by atoms with E-state index in [1.165, 1.54) is 66.6 Å². The average Bonchev–Trinajstić information content (AvgIpc) is 3.80. The molecule has 0 fully saturated rings. The van der Waals surface area contributed by atoms with Crippen molar-refractivity contribution in [1.82, 2.24) is 13.8 Å². The van der Waals surface area contributed by atoms with Crippen molar-refractivity contribution in [2.45, 2.75) is 0 Å². The number of rotatable bonds is 4. The van der Waals surface area contributed by atoms with Crippen molar-refractivity contribution in [3.8, 4) is 44.8 Å². The van der Waals surface area contributed by atoms with Gasteiger partial charge in [0.1, 0.15) is 0 Å². The van der Waals surface area contributed by atoms with Crippen molar-refractivity contribution >= 4 is 32.8 Å². The molecular weight excluding hydrogens is 522 g/mol. The van der Waals surface area contributed by atoms with Gasteiger partial charge in [-0.05, 0) is 82.9 Å². The topological polar surface area (TPSA) is 24.6 Å². The van der Waals surface area contributed by atoms with Crippen molar-refractivity contribution in [3.63, 3.8) is 0 Å². The predicted molar refractivity (Wildman–Crippen MR) is 179 cm³/mol. The van der Waals surface area contributed by atoms with Crippen LogP contribution in [0, 0.1) is 0 Å². The molecule has 0 bridgehead atoms. The van der Waals surface area contributed by atoms with Gasteiger partial charge in [0.15, 0.2) is 0 Å². The van der Waals surface area contributed by atoms with Crippen LogP contribution in [0.5, 0.6) is 0 Å². The zero-order valence-electron chi connectivity index (χ0n) is 23.4. The van der Waals surface area contributed by atoms with Gasteiger partial charge in [-0.1, -0.05) is 84.9 Å². The maximum atomic E-state index is 3.65. The Bertz CT molecular complexity index is 2270. The second-order valence-corrected chi connectivity index (χ2v) is 11.2. The Morgan fingerprint density at radius 3 is 1.28 bits per heavy atom. The van der Waals surface area contributed by atoms with Crippen LogP contribution in [0.2, 0.25) is 0 Å². The molecule has 3 heteroatoms. The first-order chi connectivity index (χ1) is 21.3. The van der Waals surface area contributed by atoms with E-state index in [2.05, 4.69) is 172 Å². The van der Waals surface area contributed by atoms with Gasteiger partial charge in [0.05, 0.1) is 11.4 Å². The lowest BCUT2D eigenvalue weighted by Crippen LogP contribution is -1.90. The summed E-state index contributed by atoms with van der Waals surface area (Å²) >= 11 is 0. The Balaban J connectivity index is 1.18. The number of aromatic nitrogens is 3. The number of nitrogens with one attached hydrogen (secondary N) is 1. The van der Waals surface area contributed by atoms with Crippen molar-refractivity contribution in [3.05, 3.63) is 158 Å². The fraction of sp³-hybridized carbons (Fsp3) is 0. The summed E-state index contributed by atoms with van der Waals surface area (Å²) in [4.78, 5) is 3.65. The molecule has 0 saturated carbocycles. The minimum atomic E-state index is 1.14. The highest BCUT2D eigenvalue weighted by Gasteiger charge is 2.13. The van der Waals surface area contributed by atoms with Crippen LogP contribution in [-0.4, -0.2) is 13.8 Å². The molecular formula is C40H27N3. The lowest BCUT2D eigenvalue weighted by Gasteiger charge is -2.08. The highest BCUT2D eigenvalue weighted by molar-refractivity contribution is 6.09. The van der Waals surface area contributed by atoms with Gasteiger partial charge in [-0.15, -0.1) is 0 Å². The van der Waals surface area contributed by atoms with Gasteiger partial charge in [0.2, 0.25) is 0 Å². The minimum absolute atomic E-state index is 1.14. The number of benzene rings is 4. The molecule has 0 radical (unpaired) electrons. The van der Waals surface area contributed by atoms with Crippen LogP contribution in [0.3, 0.4) is 0 Å². The molecule has 9 aromatic rings. The maximum absolute atomic E-state index is 3.65. The number of pyridine rings is 2. The molecule has 1 N–H and O–H groups in total. The Morgan fingerprint density at radius 1 is 0.349 bits per heavy atom. The quantitative estimate of drug-likeness (QED) is 0.226.